The normalized spacial score (nSPS) is 10.5. The molecule has 0 radical (unpaired) electrons. The Morgan fingerprint density at radius 3 is 2.52 bits per heavy atom. The van der Waals surface area contributed by atoms with Gasteiger partial charge in [0.15, 0.2) is 0 Å². The number of nitrogens with one attached hydrogen (secondary N) is 1. The number of benzene rings is 1. The highest BCUT2D eigenvalue weighted by Crippen LogP contribution is 2.21. The molecule has 0 aliphatic rings. The Bertz CT molecular complexity index is 807. The second kappa shape index (κ2) is 6.71. The van der Waals surface area contributed by atoms with Crippen LogP contribution in [0.5, 0.6) is 0 Å². The van der Waals surface area contributed by atoms with Gasteiger partial charge in [-0.15, -0.1) is 11.3 Å². The van der Waals surface area contributed by atoms with E-state index in [1.54, 1.807) is 23.7 Å². The fourth-order valence-corrected chi connectivity index (χ4v) is 3.15. The van der Waals surface area contributed by atoms with Crippen LogP contribution >= 0.6 is 11.3 Å². The average molecular weight is 323 g/mol. The van der Waals surface area contributed by atoms with Crippen LogP contribution in [-0.4, -0.2) is 15.9 Å². The second-order valence-corrected chi connectivity index (χ2v) is 6.36. The van der Waals surface area contributed by atoms with Crippen LogP contribution in [0.15, 0.2) is 48.1 Å². The lowest BCUT2D eigenvalue weighted by Crippen LogP contribution is -2.22. The summed E-state index contributed by atoms with van der Waals surface area (Å²) in [6.07, 6.45) is 3.49. The van der Waals surface area contributed by atoms with Crippen LogP contribution in [-0.2, 0) is 6.54 Å². The van der Waals surface area contributed by atoms with E-state index < -0.39 is 0 Å². The summed E-state index contributed by atoms with van der Waals surface area (Å²) in [5.41, 5.74) is 4.80. The first-order valence-corrected chi connectivity index (χ1v) is 8.21. The third-order valence-corrected chi connectivity index (χ3v) is 4.26. The highest BCUT2D eigenvalue weighted by atomic mass is 32.1. The summed E-state index contributed by atoms with van der Waals surface area (Å²) in [6, 6.07) is 9.69. The van der Waals surface area contributed by atoms with Crippen molar-refractivity contribution in [1.82, 2.24) is 15.3 Å². The summed E-state index contributed by atoms with van der Waals surface area (Å²) in [5, 5.41) is 5.81. The van der Waals surface area contributed by atoms with Crippen molar-refractivity contribution in [3.63, 3.8) is 0 Å². The zero-order valence-electron chi connectivity index (χ0n) is 13.0. The quantitative estimate of drug-likeness (QED) is 0.795. The fourth-order valence-electron chi connectivity index (χ4n) is 2.41. The second-order valence-electron chi connectivity index (χ2n) is 5.42. The monoisotopic (exact) mass is 323 g/mol. The Labute approximate surface area is 139 Å². The van der Waals surface area contributed by atoms with Gasteiger partial charge in [-0.1, -0.05) is 17.2 Å². The van der Waals surface area contributed by atoms with Gasteiger partial charge >= 0.3 is 0 Å². The molecule has 0 bridgehead atoms. The van der Waals surface area contributed by atoms with E-state index in [0.29, 0.717) is 12.1 Å². The zero-order chi connectivity index (χ0) is 16.2. The lowest BCUT2D eigenvalue weighted by Gasteiger charge is -2.05. The van der Waals surface area contributed by atoms with E-state index in [2.05, 4.69) is 21.4 Å². The number of hydrogen-bond donors (Lipinski definition) is 1. The molecule has 0 fully saturated rings. The fraction of sp³-hybridized carbons (Fsp3) is 0.167. The van der Waals surface area contributed by atoms with Crippen LogP contribution in [0.2, 0.25) is 0 Å². The number of pyridine rings is 1. The Hall–Kier alpha value is -2.53. The SMILES string of the molecule is Cc1cc(C)cc(C(=O)NCc2nc(-c3ccncc3)cs2)c1. The highest BCUT2D eigenvalue weighted by molar-refractivity contribution is 7.09. The number of nitrogens with zero attached hydrogens (tertiary/aromatic N) is 2. The van der Waals surface area contributed by atoms with Crippen molar-refractivity contribution in [1.29, 1.82) is 0 Å². The molecule has 2 heterocycles. The number of amides is 1. The molecule has 116 valence electrons. The summed E-state index contributed by atoms with van der Waals surface area (Å²) in [6.45, 7) is 4.42. The van der Waals surface area contributed by atoms with Crippen LogP contribution in [0.3, 0.4) is 0 Å². The summed E-state index contributed by atoms with van der Waals surface area (Å²) >= 11 is 1.54. The predicted octanol–water partition coefficient (Wildman–Crippen LogP) is 3.75. The van der Waals surface area contributed by atoms with E-state index in [1.165, 1.54) is 0 Å². The maximum absolute atomic E-state index is 12.3. The van der Waals surface area contributed by atoms with E-state index in [-0.39, 0.29) is 5.91 Å². The molecule has 0 saturated heterocycles. The van der Waals surface area contributed by atoms with E-state index in [0.717, 1.165) is 27.4 Å². The molecule has 1 aromatic carbocycles. The molecule has 0 aliphatic heterocycles. The lowest BCUT2D eigenvalue weighted by molar-refractivity contribution is 0.0950. The Morgan fingerprint density at radius 1 is 1.13 bits per heavy atom. The van der Waals surface area contributed by atoms with Gasteiger partial charge in [-0.25, -0.2) is 4.98 Å². The highest BCUT2D eigenvalue weighted by Gasteiger charge is 2.09. The minimum atomic E-state index is -0.0718. The largest absolute Gasteiger partial charge is 0.346 e. The van der Waals surface area contributed by atoms with E-state index in [1.807, 2.05) is 43.5 Å². The molecule has 0 unspecified atom stereocenters. The van der Waals surface area contributed by atoms with Crippen LogP contribution in [0.4, 0.5) is 0 Å². The standard InChI is InChI=1S/C18H17N3OS/c1-12-7-13(2)9-15(8-12)18(22)20-10-17-21-16(11-23-17)14-3-5-19-6-4-14/h3-9,11H,10H2,1-2H3,(H,20,22). The molecular weight excluding hydrogens is 306 g/mol. The van der Waals surface area contributed by atoms with Crippen molar-refractivity contribution >= 4 is 17.2 Å². The number of aryl methyl sites for hydroxylation is 2. The maximum atomic E-state index is 12.3. The van der Waals surface area contributed by atoms with Gasteiger partial charge in [-0.05, 0) is 38.1 Å². The van der Waals surface area contributed by atoms with Gasteiger partial charge in [-0.3, -0.25) is 9.78 Å². The number of aromatic nitrogens is 2. The molecule has 5 heteroatoms. The predicted molar refractivity (Wildman–Crippen MR) is 92.4 cm³/mol. The first-order valence-electron chi connectivity index (χ1n) is 7.33. The lowest BCUT2D eigenvalue weighted by atomic mass is 10.1. The van der Waals surface area contributed by atoms with E-state index in [9.17, 15) is 4.79 Å². The number of carbonyl (C=O) groups excluding carboxylic acids is 1. The third-order valence-electron chi connectivity index (χ3n) is 3.41. The van der Waals surface area contributed by atoms with Crippen molar-refractivity contribution < 1.29 is 4.79 Å². The number of rotatable bonds is 4. The van der Waals surface area contributed by atoms with Crippen molar-refractivity contribution in [3.05, 3.63) is 69.8 Å². The molecule has 0 atom stereocenters. The Morgan fingerprint density at radius 2 is 1.83 bits per heavy atom. The topological polar surface area (TPSA) is 54.9 Å². The molecule has 1 N–H and O–H groups in total. The van der Waals surface area contributed by atoms with Crippen LogP contribution in [0.1, 0.15) is 26.5 Å². The molecule has 4 nitrogen and oxygen atoms in total. The van der Waals surface area contributed by atoms with Crippen molar-refractivity contribution in [3.8, 4) is 11.3 Å². The minimum absolute atomic E-state index is 0.0718. The molecule has 1 amide bonds. The minimum Gasteiger partial charge on any atom is -0.346 e. The van der Waals surface area contributed by atoms with Crippen molar-refractivity contribution in [2.24, 2.45) is 0 Å². The smallest absolute Gasteiger partial charge is 0.251 e. The third kappa shape index (κ3) is 3.81. The van der Waals surface area contributed by atoms with Gasteiger partial charge < -0.3 is 5.32 Å². The molecule has 3 rings (SSSR count). The first-order chi connectivity index (χ1) is 11.1. The summed E-state index contributed by atoms with van der Waals surface area (Å²) < 4.78 is 0. The van der Waals surface area contributed by atoms with Crippen LogP contribution < -0.4 is 5.32 Å². The van der Waals surface area contributed by atoms with Crippen LogP contribution in [0.25, 0.3) is 11.3 Å². The number of carbonyl (C=O) groups is 1. The van der Waals surface area contributed by atoms with Gasteiger partial charge in [0.1, 0.15) is 5.01 Å². The molecule has 0 aliphatic carbocycles. The molecule has 23 heavy (non-hydrogen) atoms. The Kier molecular flexibility index (Phi) is 4.48. The number of thiazole rings is 1. The van der Waals surface area contributed by atoms with E-state index >= 15 is 0 Å². The van der Waals surface area contributed by atoms with Gasteiger partial charge in [-0.2, -0.15) is 0 Å². The van der Waals surface area contributed by atoms with Gasteiger partial charge in [0.05, 0.1) is 12.2 Å². The Balaban J connectivity index is 1.67. The molecule has 0 saturated carbocycles. The van der Waals surface area contributed by atoms with Gasteiger partial charge in [0.2, 0.25) is 0 Å². The maximum Gasteiger partial charge on any atom is 0.251 e. The molecular formula is C18H17N3OS. The first kappa shape index (κ1) is 15.4. The molecule has 3 aromatic rings. The van der Waals surface area contributed by atoms with Gasteiger partial charge in [0, 0.05) is 28.9 Å². The number of hydrogen-bond acceptors (Lipinski definition) is 4. The molecule has 0 spiro atoms. The average Bonchev–Trinajstić information content (AvgIpc) is 3.01. The van der Waals surface area contributed by atoms with Crippen molar-refractivity contribution in [2.75, 3.05) is 0 Å². The summed E-state index contributed by atoms with van der Waals surface area (Å²) in [5.74, 6) is -0.0718. The van der Waals surface area contributed by atoms with Crippen molar-refractivity contribution in [2.45, 2.75) is 20.4 Å². The molecule has 2 aromatic heterocycles. The van der Waals surface area contributed by atoms with Crippen LogP contribution in [0, 0.1) is 13.8 Å². The zero-order valence-corrected chi connectivity index (χ0v) is 13.9. The summed E-state index contributed by atoms with van der Waals surface area (Å²) in [7, 11) is 0. The van der Waals surface area contributed by atoms with Gasteiger partial charge in [0.25, 0.3) is 5.91 Å². The van der Waals surface area contributed by atoms with E-state index in [4.69, 9.17) is 0 Å². The summed E-state index contributed by atoms with van der Waals surface area (Å²) in [4.78, 5) is 20.8.